The molecular formula is C5H7N3OS. The number of hydrogen-bond acceptors (Lipinski definition) is 3. The number of amides is 1. The predicted octanol–water partition coefficient (Wildman–Crippen LogP) is -0.289. The second kappa shape index (κ2) is 2.66. The third-order valence-corrected chi connectivity index (χ3v) is 1.64. The molecule has 5 heteroatoms. The minimum atomic E-state index is -0.235. The van der Waals surface area contributed by atoms with E-state index in [0.29, 0.717) is 4.80 Å². The van der Waals surface area contributed by atoms with Crippen LogP contribution in [0, 0.1) is 0 Å². The zero-order chi connectivity index (χ0) is 7.56. The lowest BCUT2D eigenvalue weighted by Crippen LogP contribution is -2.22. The predicted molar refractivity (Wildman–Crippen MR) is 38.7 cm³/mol. The van der Waals surface area contributed by atoms with Gasteiger partial charge in [-0.1, -0.05) is 0 Å². The monoisotopic (exact) mass is 157 g/mol. The Morgan fingerprint density at radius 2 is 2.60 bits per heavy atom. The van der Waals surface area contributed by atoms with E-state index in [9.17, 15) is 4.79 Å². The Bertz CT molecular complexity index is 298. The van der Waals surface area contributed by atoms with Crippen LogP contribution >= 0.6 is 11.3 Å². The molecule has 10 heavy (non-hydrogen) atoms. The zero-order valence-corrected chi connectivity index (χ0v) is 6.26. The van der Waals surface area contributed by atoms with Crippen molar-refractivity contribution in [3.8, 4) is 0 Å². The summed E-state index contributed by atoms with van der Waals surface area (Å²) in [5, 5.41) is 1.77. The fourth-order valence-electron chi connectivity index (χ4n) is 0.500. The van der Waals surface area contributed by atoms with Crippen molar-refractivity contribution in [3.05, 3.63) is 16.4 Å². The second-order valence-corrected chi connectivity index (χ2v) is 2.60. The lowest BCUT2D eigenvalue weighted by Gasteiger charge is -1.86. The Hall–Kier alpha value is -1.10. The minimum absolute atomic E-state index is 0.235. The third kappa shape index (κ3) is 1.44. The van der Waals surface area contributed by atoms with Crippen LogP contribution in [0.15, 0.2) is 16.6 Å². The summed E-state index contributed by atoms with van der Waals surface area (Å²) in [7, 11) is 0. The van der Waals surface area contributed by atoms with Gasteiger partial charge in [-0.25, -0.2) is 4.68 Å². The summed E-state index contributed by atoms with van der Waals surface area (Å²) in [6.45, 7) is 1.39. The summed E-state index contributed by atoms with van der Waals surface area (Å²) in [4.78, 5) is 14.6. The van der Waals surface area contributed by atoms with Crippen LogP contribution in [0.5, 0.6) is 0 Å². The summed E-state index contributed by atoms with van der Waals surface area (Å²) in [6.07, 6.45) is 1.65. The van der Waals surface area contributed by atoms with Gasteiger partial charge in [0.05, 0.1) is 0 Å². The van der Waals surface area contributed by atoms with Crippen molar-refractivity contribution in [1.82, 2.24) is 4.68 Å². The number of carbonyl (C=O) groups excluding carboxylic acids is 1. The highest BCUT2D eigenvalue weighted by molar-refractivity contribution is 7.07. The van der Waals surface area contributed by atoms with Crippen molar-refractivity contribution in [2.45, 2.75) is 6.92 Å². The molecule has 1 rings (SSSR count). The first-order valence-corrected chi connectivity index (χ1v) is 3.54. The normalized spacial score (nSPS) is 11.9. The highest BCUT2D eigenvalue weighted by Crippen LogP contribution is 1.83. The third-order valence-electron chi connectivity index (χ3n) is 0.869. The molecular weight excluding hydrogens is 150 g/mol. The number of nitrogens with zero attached hydrogens (tertiary/aromatic N) is 2. The van der Waals surface area contributed by atoms with Crippen LogP contribution in [0.4, 0.5) is 0 Å². The Labute approximate surface area is 61.6 Å². The van der Waals surface area contributed by atoms with E-state index in [1.807, 2.05) is 0 Å². The Morgan fingerprint density at radius 1 is 1.90 bits per heavy atom. The SMILES string of the molecule is CC(=O)N=c1sccn1N. The lowest BCUT2D eigenvalue weighted by atomic mass is 10.8. The summed E-state index contributed by atoms with van der Waals surface area (Å²) < 4.78 is 1.31. The molecule has 0 fully saturated rings. The smallest absolute Gasteiger partial charge is 0.245 e. The standard InChI is InChI=1S/C5H7N3OS/c1-4(9)7-5-8(6)2-3-10-5/h2-3H,6H2,1H3. The molecule has 0 spiro atoms. The van der Waals surface area contributed by atoms with Gasteiger partial charge in [0.1, 0.15) is 0 Å². The number of hydrogen-bond donors (Lipinski definition) is 1. The molecule has 2 N–H and O–H groups in total. The Balaban J connectivity index is 3.15. The Kier molecular flexibility index (Phi) is 1.86. The van der Waals surface area contributed by atoms with Crippen LogP contribution in [0.2, 0.25) is 0 Å². The summed E-state index contributed by atoms with van der Waals surface area (Å²) in [5.41, 5.74) is 0. The van der Waals surface area contributed by atoms with E-state index in [1.54, 1.807) is 11.6 Å². The molecule has 0 aromatic carbocycles. The molecule has 54 valence electrons. The van der Waals surface area contributed by atoms with Crippen molar-refractivity contribution in [1.29, 1.82) is 0 Å². The molecule has 0 saturated carbocycles. The van der Waals surface area contributed by atoms with Crippen LogP contribution in [-0.2, 0) is 4.79 Å². The van der Waals surface area contributed by atoms with Gasteiger partial charge in [-0.05, 0) is 0 Å². The average Bonchev–Trinajstić information content (AvgIpc) is 2.15. The lowest BCUT2D eigenvalue weighted by molar-refractivity contribution is -0.116. The number of carbonyl (C=O) groups is 1. The van der Waals surface area contributed by atoms with Gasteiger partial charge in [0.15, 0.2) is 0 Å². The van der Waals surface area contributed by atoms with Gasteiger partial charge in [0.2, 0.25) is 10.7 Å². The van der Waals surface area contributed by atoms with Gasteiger partial charge in [0, 0.05) is 18.5 Å². The average molecular weight is 157 g/mol. The minimum Gasteiger partial charge on any atom is -0.337 e. The maximum absolute atomic E-state index is 10.4. The molecule has 1 aromatic rings. The van der Waals surface area contributed by atoms with E-state index in [2.05, 4.69) is 4.99 Å². The van der Waals surface area contributed by atoms with Crippen LogP contribution in [0.25, 0.3) is 0 Å². The van der Waals surface area contributed by atoms with E-state index < -0.39 is 0 Å². The molecule has 0 unspecified atom stereocenters. The summed E-state index contributed by atoms with van der Waals surface area (Å²) in [5.74, 6) is 5.14. The first-order valence-electron chi connectivity index (χ1n) is 2.66. The van der Waals surface area contributed by atoms with Crippen LogP contribution in [0.1, 0.15) is 6.92 Å². The van der Waals surface area contributed by atoms with E-state index in [-0.39, 0.29) is 5.91 Å². The first-order chi connectivity index (χ1) is 4.70. The molecule has 1 aromatic heterocycles. The maximum Gasteiger partial charge on any atom is 0.245 e. The fraction of sp³-hybridized carbons (Fsp3) is 0.200. The van der Waals surface area contributed by atoms with E-state index >= 15 is 0 Å². The van der Waals surface area contributed by atoms with Gasteiger partial charge in [0.25, 0.3) is 0 Å². The molecule has 0 atom stereocenters. The molecule has 4 nitrogen and oxygen atoms in total. The molecule has 0 aliphatic heterocycles. The Morgan fingerprint density at radius 3 is 3.00 bits per heavy atom. The largest absolute Gasteiger partial charge is 0.337 e. The topological polar surface area (TPSA) is 60.4 Å². The van der Waals surface area contributed by atoms with Gasteiger partial charge in [-0.3, -0.25) is 4.79 Å². The molecule has 0 bridgehead atoms. The molecule has 0 radical (unpaired) electrons. The van der Waals surface area contributed by atoms with Crippen LogP contribution in [-0.4, -0.2) is 10.6 Å². The zero-order valence-electron chi connectivity index (χ0n) is 5.44. The van der Waals surface area contributed by atoms with E-state index in [4.69, 9.17) is 5.84 Å². The van der Waals surface area contributed by atoms with Gasteiger partial charge >= 0.3 is 0 Å². The quantitative estimate of drug-likeness (QED) is 0.526. The number of rotatable bonds is 0. The molecule has 1 heterocycles. The van der Waals surface area contributed by atoms with Crippen molar-refractivity contribution < 1.29 is 4.79 Å². The highest BCUT2D eigenvalue weighted by atomic mass is 32.1. The number of aromatic nitrogens is 1. The summed E-state index contributed by atoms with van der Waals surface area (Å²) in [6, 6.07) is 0. The van der Waals surface area contributed by atoms with Crippen molar-refractivity contribution in [2.24, 2.45) is 4.99 Å². The van der Waals surface area contributed by atoms with Gasteiger partial charge in [-0.2, -0.15) is 4.99 Å². The maximum atomic E-state index is 10.4. The molecule has 0 aliphatic carbocycles. The molecule has 1 amide bonds. The first kappa shape index (κ1) is 7.01. The number of nitrogens with two attached hydrogens (primary N) is 1. The second-order valence-electron chi connectivity index (χ2n) is 1.72. The number of nitrogen functional groups attached to an aromatic ring is 1. The van der Waals surface area contributed by atoms with E-state index in [0.717, 1.165) is 0 Å². The van der Waals surface area contributed by atoms with Crippen molar-refractivity contribution in [3.63, 3.8) is 0 Å². The highest BCUT2D eigenvalue weighted by Gasteiger charge is 1.89. The van der Waals surface area contributed by atoms with Crippen molar-refractivity contribution >= 4 is 17.2 Å². The van der Waals surface area contributed by atoms with Crippen LogP contribution < -0.4 is 10.6 Å². The van der Waals surface area contributed by atoms with Crippen LogP contribution in [0.3, 0.4) is 0 Å². The van der Waals surface area contributed by atoms with Crippen molar-refractivity contribution in [2.75, 3.05) is 5.84 Å². The molecule has 0 saturated heterocycles. The van der Waals surface area contributed by atoms with Gasteiger partial charge < -0.3 is 5.84 Å². The summed E-state index contributed by atoms with van der Waals surface area (Å²) >= 11 is 1.33. The van der Waals surface area contributed by atoms with E-state index in [1.165, 1.54) is 22.9 Å². The number of thiazole rings is 1. The fourth-order valence-corrected chi connectivity index (χ4v) is 1.18. The molecule has 0 aliphatic rings. The van der Waals surface area contributed by atoms with Gasteiger partial charge in [-0.15, -0.1) is 11.3 Å².